The van der Waals surface area contributed by atoms with Crippen molar-refractivity contribution in [1.29, 1.82) is 5.26 Å². The molecule has 4 heteroatoms. The molecule has 0 aliphatic rings. The summed E-state index contributed by atoms with van der Waals surface area (Å²) in [5.41, 5.74) is 1.45. The molecule has 106 valence electrons. The summed E-state index contributed by atoms with van der Waals surface area (Å²) in [6.07, 6.45) is 0. The molecule has 0 aromatic heterocycles. The Balaban J connectivity index is 1.89. The summed E-state index contributed by atoms with van der Waals surface area (Å²) in [6, 6.07) is 18.5. The summed E-state index contributed by atoms with van der Waals surface area (Å²) in [5.74, 6) is 0.196. The minimum Gasteiger partial charge on any atom is -0.482 e. The molecule has 0 aliphatic carbocycles. The molecule has 1 amide bonds. The lowest BCUT2D eigenvalue weighted by Gasteiger charge is -2.14. The first-order valence-electron chi connectivity index (χ1n) is 6.67. The topological polar surface area (TPSA) is 62.1 Å². The molecule has 4 nitrogen and oxygen atoms in total. The summed E-state index contributed by atoms with van der Waals surface area (Å²) in [5, 5.41) is 11.8. The van der Waals surface area contributed by atoms with E-state index in [1.165, 1.54) is 0 Å². The van der Waals surface area contributed by atoms with Gasteiger partial charge >= 0.3 is 0 Å². The number of benzene rings is 2. The predicted molar refractivity (Wildman–Crippen MR) is 79.7 cm³/mol. The molecule has 0 aliphatic heterocycles. The third kappa shape index (κ3) is 4.08. The summed E-state index contributed by atoms with van der Waals surface area (Å²) in [6.45, 7) is 1.80. The Labute approximate surface area is 124 Å². The standard InChI is InChI=1S/C17H16N2O2/c1-13(14-7-3-2-4-8-14)19-17(20)12-21-16-10-6-5-9-15(16)11-18/h2-10,13H,12H2,1H3,(H,19,20). The zero-order valence-electron chi connectivity index (χ0n) is 11.7. The Kier molecular flexibility index (Phi) is 4.94. The third-order valence-corrected chi connectivity index (χ3v) is 3.04. The zero-order valence-corrected chi connectivity index (χ0v) is 11.7. The van der Waals surface area contributed by atoms with Crippen molar-refractivity contribution in [2.24, 2.45) is 0 Å². The van der Waals surface area contributed by atoms with E-state index in [1.807, 2.05) is 43.3 Å². The first-order valence-corrected chi connectivity index (χ1v) is 6.67. The largest absolute Gasteiger partial charge is 0.482 e. The van der Waals surface area contributed by atoms with Crippen LogP contribution < -0.4 is 10.1 Å². The number of hydrogen-bond donors (Lipinski definition) is 1. The Bertz CT molecular complexity index is 647. The van der Waals surface area contributed by atoms with Gasteiger partial charge in [-0.25, -0.2) is 0 Å². The van der Waals surface area contributed by atoms with Gasteiger partial charge in [0.25, 0.3) is 5.91 Å². The van der Waals surface area contributed by atoms with Crippen LogP contribution in [0.1, 0.15) is 24.1 Å². The molecule has 2 aromatic rings. The van der Waals surface area contributed by atoms with Gasteiger partial charge in [-0.05, 0) is 24.6 Å². The minimum atomic E-state index is -0.223. The fraction of sp³-hybridized carbons (Fsp3) is 0.176. The Morgan fingerprint density at radius 1 is 1.19 bits per heavy atom. The Morgan fingerprint density at radius 3 is 2.57 bits per heavy atom. The predicted octanol–water partition coefficient (Wildman–Crippen LogP) is 2.81. The van der Waals surface area contributed by atoms with Crippen LogP contribution in [0.4, 0.5) is 0 Å². The van der Waals surface area contributed by atoms with E-state index in [4.69, 9.17) is 10.00 Å². The van der Waals surface area contributed by atoms with Crippen molar-refractivity contribution in [1.82, 2.24) is 5.32 Å². The van der Waals surface area contributed by atoms with Crippen molar-refractivity contribution < 1.29 is 9.53 Å². The van der Waals surface area contributed by atoms with Crippen molar-refractivity contribution in [3.63, 3.8) is 0 Å². The van der Waals surface area contributed by atoms with Gasteiger partial charge in [0.15, 0.2) is 6.61 Å². The second-order valence-electron chi connectivity index (χ2n) is 4.60. The van der Waals surface area contributed by atoms with E-state index >= 15 is 0 Å². The number of hydrogen-bond acceptors (Lipinski definition) is 3. The van der Waals surface area contributed by atoms with Crippen LogP contribution in [0.15, 0.2) is 54.6 Å². The molecule has 0 saturated heterocycles. The SMILES string of the molecule is CC(NC(=O)COc1ccccc1C#N)c1ccccc1. The quantitative estimate of drug-likeness (QED) is 0.916. The van der Waals surface area contributed by atoms with E-state index in [0.29, 0.717) is 11.3 Å². The number of rotatable bonds is 5. The molecule has 0 radical (unpaired) electrons. The molecular weight excluding hydrogens is 264 g/mol. The Hall–Kier alpha value is -2.80. The number of ether oxygens (including phenoxy) is 1. The van der Waals surface area contributed by atoms with Crippen molar-refractivity contribution >= 4 is 5.91 Å². The maximum absolute atomic E-state index is 11.9. The lowest BCUT2D eigenvalue weighted by Crippen LogP contribution is -2.31. The van der Waals surface area contributed by atoms with Crippen LogP contribution in [0.2, 0.25) is 0 Å². The number of nitrogens with zero attached hydrogens (tertiary/aromatic N) is 1. The molecule has 2 rings (SSSR count). The van der Waals surface area contributed by atoms with Gasteiger partial charge in [-0.3, -0.25) is 4.79 Å². The molecule has 0 fully saturated rings. The molecule has 0 spiro atoms. The summed E-state index contributed by atoms with van der Waals surface area (Å²) >= 11 is 0. The molecule has 0 bridgehead atoms. The van der Waals surface area contributed by atoms with Crippen LogP contribution in [0.5, 0.6) is 5.75 Å². The average Bonchev–Trinajstić information content (AvgIpc) is 2.54. The second-order valence-corrected chi connectivity index (χ2v) is 4.60. The first kappa shape index (κ1) is 14.6. The van der Waals surface area contributed by atoms with E-state index in [1.54, 1.807) is 24.3 Å². The monoisotopic (exact) mass is 280 g/mol. The van der Waals surface area contributed by atoms with Crippen LogP contribution in [0, 0.1) is 11.3 Å². The number of carbonyl (C=O) groups is 1. The minimum absolute atomic E-state index is 0.0893. The van der Waals surface area contributed by atoms with E-state index in [2.05, 4.69) is 5.32 Å². The lowest BCUT2D eigenvalue weighted by molar-refractivity contribution is -0.123. The normalized spacial score (nSPS) is 11.2. The molecule has 1 N–H and O–H groups in total. The molecule has 1 atom stereocenters. The fourth-order valence-electron chi connectivity index (χ4n) is 1.94. The molecule has 0 heterocycles. The highest BCUT2D eigenvalue weighted by atomic mass is 16.5. The van der Waals surface area contributed by atoms with E-state index in [9.17, 15) is 4.79 Å². The van der Waals surface area contributed by atoms with Crippen molar-refractivity contribution in [2.45, 2.75) is 13.0 Å². The van der Waals surface area contributed by atoms with Crippen molar-refractivity contribution in [3.05, 3.63) is 65.7 Å². The smallest absolute Gasteiger partial charge is 0.258 e. The Morgan fingerprint density at radius 2 is 1.86 bits per heavy atom. The summed E-state index contributed by atoms with van der Waals surface area (Å²) in [7, 11) is 0. The van der Waals surface area contributed by atoms with Crippen molar-refractivity contribution in [3.8, 4) is 11.8 Å². The number of amides is 1. The van der Waals surface area contributed by atoms with Crippen molar-refractivity contribution in [2.75, 3.05) is 6.61 Å². The highest BCUT2D eigenvalue weighted by Crippen LogP contribution is 2.16. The van der Waals surface area contributed by atoms with Gasteiger partial charge in [-0.1, -0.05) is 42.5 Å². The van der Waals surface area contributed by atoms with Crippen LogP contribution in [-0.4, -0.2) is 12.5 Å². The molecule has 21 heavy (non-hydrogen) atoms. The summed E-state index contributed by atoms with van der Waals surface area (Å²) < 4.78 is 5.39. The number of nitriles is 1. The first-order chi connectivity index (χ1) is 10.2. The zero-order chi connectivity index (χ0) is 15.1. The second kappa shape index (κ2) is 7.11. The number of para-hydroxylation sites is 1. The summed E-state index contributed by atoms with van der Waals surface area (Å²) in [4.78, 5) is 11.9. The highest BCUT2D eigenvalue weighted by Gasteiger charge is 2.10. The molecular formula is C17H16N2O2. The van der Waals surface area contributed by atoms with E-state index < -0.39 is 0 Å². The van der Waals surface area contributed by atoms with E-state index in [0.717, 1.165) is 5.56 Å². The van der Waals surface area contributed by atoms with Gasteiger partial charge in [0.05, 0.1) is 11.6 Å². The molecule has 2 aromatic carbocycles. The third-order valence-electron chi connectivity index (χ3n) is 3.04. The van der Waals surface area contributed by atoms with Gasteiger partial charge in [-0.15, -0.1) is 0 Å². The van der Waals surface area contributed by atoms with Gasteiger partial charge < -0.3 is 10.1 Å². The van der Waals surface area contributed by atoms with E-state index in [-0.39, 0.29) is 18.6 Å². The number of carbonyl (C=O) groups excluding carboxylic acids is 1. The van der Waals surface area contributed by atoms with Gasteiger partial charge in [0.2, 0.25) is 0 Å². The van der Waals surface area contributed by atoms with Crippen LogP contribution in [-0.2, 0) is 4.79 Å². The number of nitrogens with one attached hydrogen (secondary N) is 1. The van der Waals surface area contributed by atoms with Crippen LogP contribution >= 0.6 is 0 Å². The molecule has 1 unspecified atom stereocenters. The van der Waals surface area contributed by atoms with Crippen LogP contribution in [0.25, 0.3) is 0 Å². The van der Waals surface area contributed by atoms with Gasteiger partial charge in [-0.2, -0.15) is 5.26 Å². The average molecular weight is 280 g/mol. The highest BCUT2D eigenvalue weighted by molar-refractivity contribution is 5.78. The lowest BCUT2D eigenvalue weighted by atomic mass is 10.1. The van der Waals surface area contributed by atoms with Gasteiger partial charge in [0, 0.05) is 0 Å². The maximum atomic E-state index is 11.9. The van der Waals surface area contributed by atoms with Gasteiger partial charge in [0.1, 0.15) is 11.8 Å². The van der Waals surface area contributed by atoms with Crippen LogP contribution in [0.3, 0.4) is 0 Å². The maximum Gasteiger partial charge on any atom is 0.258 e. The fourth-order valence-corrected chi connectivity index (χ4v) is 1.94. The molecule has 0 saturated carbocycles.